The summed E-state index contributed by atoms with van der Waals surface area (Å²) in [6.07, 6.45) is 1.57. The predicted molar refractivity (Wildman–Crippen MR) is 82.9 cm³/mol. The van der Waals surface area contributed by atoms with Crippen LogP contribution in [0.15, 0.2) is 42.6 Å². The largest absolute Gasteiger partial charge is 0.383 e. The molecule has 0 unspecified atom stereocenters. The highest BCUT2D eigenvalue weighted by Crippen LogP contribution is 2.17. The van der Waals surface area contributed by atoms with Crippen molar-refractivity contribution in [2.75, 3.05) is 25.6 Å². The van der Waals surface area contributed by atoms with Crippen LogP contribution in [0.1, 0.15) is 16.1 Å². The van der Waals surface area contributed by atoms with Gasteiger partial charge in [-0.3, -0.25) is 9.78 Å². The maximum absolute atomic E-state index is 11.9. The molecule has 0 spiro atoms. The number of nitriles is 1. The summed E-state index contributed by atoms with van der Waals surface area (Å²) in [6, 6.07) is 12.6. The van der Waals surface area contributed by atoms with Gasteiger partial charge in [-0.2, -0.15) is 5.26 Å². The number of ether oxygens (including phenoxy) is 1. The molecule has 0 fully saturated rings. The smallest absolute Gasteiger partial charge is 0.270 e. The molecule has 0 saturated carbocycles. The summed E-state index contributed by atoms with van der Waals surface area (Å²) in [5.41, 5.74) is 2.50. The topological polar surface area (TPSA) is 87.0 Å². The van der Waals surface area contributed by atoms with Crippen LogP contribution in [0.4, 0.5) is 11.4 Å². The summed E-state index contributed by atoms with van der Waals surface area (Å²) in [6.45, 7) is 0.888. The van der Waals surface area contributed by atoms with Gasteiger partial charge in [-0.25, -0.2) is 0 Å². The number of rotatable bonds is 6. The molecule has 1 amide bonds. The summed E-state index contributed by atoms with van der Waals surface area (Å²) >= 11 is 0. The van der Waals surface area contributed by atoms with E-state index in [1.165, 1.54) is 0 Å². The Labute approximate surface area is 128 Å². The first-order chi connectivity index (χ1) is 10.7. The lowest BCUT2D eigenvalue weighted by Crippen LogP contribution is -2.27. The number of hydrogen-bond donors (Lipinski definition) is 2. The van der Waals surface area contributed by atoms with E-state index in [1.54, 1.807) is 49.7 Å². The van der Waals surface area contributed by atoms with Crippen molar-refractivity contribution >= 4 is 17.3 Å². The first-order valence-corrected chi connectivity index (χ1v) is 6.73. The van der Waals surface area contributed by atoms with Crippen molar-refractivity contribution < 1.29 is 9.53 Å². The quantitative estimate of drug-likeness (QED) is 0.797. The van der Waals surface area contributed by atoms with Gasteiger partial charge in [0.15, 0.2) is 0 Å². The minimum Gasteiger partial charge on any atom is -0.383 e. The van der Waals surface area contributed by atoms with Crippen LogP contribution in [-0.4, -0.2) is 31.2 Å². The summed E-state index contributed by atoms with van der Waals surface area (Å²) < 4.78 is 4.88. The fourth-order valence-corrected chi connectivity index (χ4v) is 1.78. The molecule has 112 valence electrons. The molecule has 6 heteroatoms. The summed E-state index contributed by atoms with van der Waals surface area (Å²) in [5.74, 6) is -0.250. The second-order valence-corrected chi connectivity index (χ2v) is 4.49. The maximum atomic E-state index is 11.9. The van der Waals surface area contributed by atoms with Gasteiger partial charge < -0.3 is 15.4 Å². The average molecular weight is 296 g/mol. The van der Waals surface area contributed by atoms with Crippen molar-refractivity contribution in [2.24, 2.45) is 0 Å². The molecule has 0 atom stereocenters. The minimum absolute atomic E-state index is 0.250. The van der Waals surface area contributed by atoms with Crippen LogP contribution < -0.4 is 10.6 Å². The normalized spacial score (nSPS) is 9.82. The van der Waals surface area contributed by atoms with E-state index >= 15 is 0 Å². The van der Waals surface area contributed by atoms with Crippen LogP contribution >= 0.6 is 0 Å². The first kappa shape index (κ1) is 15.5. The molecule has 2 aromatic rings. The van der Waals surface area contributed by atoms with Crippen LogP contribution in [0.2, 0.25) is 0 Å². The van der Waals surface area contributed by atoms with Gasteiger partial charge in [-0.1, -0.05) is 0 Å². The Morgan fingerprint density at radius 1 is 1.27 bits per heavy atom. The Kier molecular flexibility index (Phi) is 5.46. The van der Waals surface area contributed by atoms with Gasteiger partial charge in [-0.05, 0) is 36.4 Å². The second-order valence-electron chi connectivity index (χ2n) is 4.49. The van der Waals surface area contributed by atoms with E-state index in [2.05, 4.69) is 21.7 Å². The number of methoxy groups -OCH3 is 1. The lowest BCUT2D eigenvalue weighted by atomic mass is 10.2. The molecule has 0 aliphatic carbocycles. The number of carbonyl (C=O) groups excluding carboxylic acids is 1. The maximum Gasteiger partial charge on any atom is 0.270 e. The molecule has 0 aliphatic heterocycles. The number of pyridine rings is 1. The van der Waals surface area contributed by atoms with E-state index < -0.39 is 0 Å². The first-order valence-electron chi connectivity index (χ1n) is 6.73. The van der Waals surface area contributed by atoms with Gasteiger partial charge in [0.1, 0.15) is 5.69 Å². The number of benzene rings is 1. The summed E-state index contributed by atoms with van der Waals surface area (Å²) in [7, 11) is 1.58. The highest BCUT2D eigenvalue weighted by atomic mass is 16.5. The fraction of sp³-hybridized carbons (Fsp3) is 0.188. The number of anilines is 2. The van der Waals surface area contributed by atoms with Gasteiger partial charge in [0, 0.05) is 31.2 Å². The monoisotopic (exact) mass is 296 g/mol. The van der Waals surface area contributed by atoms with Crippen molar-refractivity contribution in [2.45, 2.75) is 0 Å². The van der Waals surface area contributed by atoms with E-state index in [9.17, 15) is 4.79 Å². The third-order valence-electron chi connectivity index (χ3n) is 2.89. The molecule has 1 heterocycles. The highest BCUT2D eigenvalue weighted by molar-refractivity contribution is 5.93. The van der Waals surface area contributed by atoms with Crippen LogP contribution in [0, 0.1) is 11.3 Å². The van der Waals surface area contributed by atoms with Gasteiger partial charge in [-0.15, -0.1) is 0 Å². The molecular formula is C16H16N4O2. The van der Waals surface area contributed by atoms with E-state index in [4.69, 9.17) is 10.00 Å². The Morgan fingerprint density at radius 3 is 2.73 bits per heavy atom. The van der Waals surface area contributed by atoms with Crippen LogP contribution in [0.25, 0.3) is 0 Å². The van der Waals surface area contributed by atoms with Crippen molar-refractivity contribution in [3.05, 3.63) is 53.9 Å². The average Bonchev–Trinajstić information content (AvgIpc) is 2.56. The SMILES string of the molecule is COCCNC(=O)c1cc(Nc2ccc(C#N)cc2)ccn1. The van der Waals surface area contributed by atoms with Crippen molar-refractivity contribution in [3.63, 3.8) is 0 Å². The number of amides is 1. The van der Waals surface area contributed by atoms with Gasteiger partial charge in [0.2, 0.25) is 0 Å². The number of carbonyl (C=O) groups is 1. The van der Waals surface area contributed by atoms with Crippen molar-refractivity contribution in [1.29, 1.82) is 5.26 Å². The van der Waals surface area contributed by atoms with Crippen LogP contribution in [-0.2, 0) is 4.74 Å². The Balaban J connectivity index is 2.04. The van der Waals surface area contributed by atoms with E-state index in [0.717, 1.165) is 11.4 Å². The molecule has 0 saturated heterocycles. The van der Waals surface area contributed by atoms with Crippen molar-refractivity contribution in [3.8, 4) is 6.07 Å². The molecule has 22 heavy (non-hydrogen) atoms. The second kappa shape index (κ2) is 7.76. The number of hydrogen-bond acceptors (Lipinski definition) is 5. The van der Waals surface area contributed by atoms with E-state index in [-0.39, 0.29) is 5.91 Å². The number of aromatic nitrogens is 1. The summed E-state index contributed by atoms with van der Waals surface area (Å²) in [5, 5.41) is 14.7. The summed E-state index contributed by atoms with van der Waals surface area (Å²) in [4.78, 5) is 16.0. The molecule has 1 aromatic carbocycles. The third kappa shape index (κ3) is 4.30. The molecule has 1 aromatic heterocycles. The van der Waals surface area contributed by atoms with Crippen LogP contribution in [0.3, 0.4) is 0 Å². The van der Waals surface area contributed by atoms with E-state index in [0.29, 0.717) is 24.4 Å². The number of nitrogens with one attached hydrogen (secondary N) is 2. The van der Waals surface area contributed by atoms with Gasteiger partial charge in [0.25, 0.3) is 5.91 Å². The lowest BCUT2D eigenvalue weighted by molar-refractivity contribution is 0.0932. The molecular weight excluding hydrogens is 280 g/mol. The van der Waals surface area contributed by atoms with Gasteiger partial charge in [0.05, 0.1) is 18.2 Å². The Hall–Kier alpha value is -2.91. The molecule has 2 rings (SSSR count). The Morgan fingerprint density at radius 2 is 2.05 bits per heavy atom. The number of nitrogens with zero attached hydrogens (tertiary/aromatic N) is 2. The molecule has 6 nitrogen and oxygen atoms in total. The zero-order valence-electron chi connectivity index (χ0n) is 12.2. The fourth-order valence-electron chi connectivity index (χ4n) is 1.78. The van der Waals surface area contributed by atoms with E-state index in [1.807, 2.05) is 0 Å². The lowest BCUT2D eigenvalue weighted by Gasteiger charge is -2.08. The predicted octanol–water partition coefficient (Wildman–Crippen LogP) is 2.07. The zero-order chi connectivity index (χ0) is 15.8. The van der Waals surface area contributed by atoms with Crippen molar-refractivity contribution in [1.82, 2.24) is 10.3 Å². The van der Waals surface area contributed by atoms with Crippen LogP contribution in [0.5, 0.6) is 0 Å². The zero-order valence-corrected chi connectivity index (χ0v) is 12.2. The third-order valence-corrected chi connectivity index (χ3v) is 2.89. The Bertz CT molecular complexity index is 677. The molecule has 2 N–H and O–H groups in total. The standard InChI is InChI=1S/C16H16N4O2/c1-22-9-8-19-16(21)15-10-14(6-7-18-15)20-13-4-2-12(11-17)3-5-13/h2-7,10H,8-9H2,1H3,(H,18,20)(H,19,21). The molecule has 0 bridgehead atoms. The van der Waals surface area contributed by atoms with Gasteiger partial charge >= 0.3 is 0 Å². The molecule has 0 radical (unpaired) electrons. The highest BCUT2D eigenvalue weighted by Gasteiger charge is 2.07. The minimum atomic E-state index is -0.250. The molecule has 0 aliphatic rings.